The molecule has 1 aliphatic heterocycles. The summed E-state index contributed by atoms with van der Waals surface area (Å²) in [6.07, 6.45) is -2.04. The Morgan fingerprint density at radius 1 is 0.937 bits per heavy atom. The molecular weight excluding hydrogens is 863 g/mol. The van der Waals surface area contributed by atoms with E-state index in [1.807, 2.05) is 36.4 Å². The molecule has 2 aromatic heterocycles. The van der Waals surface area contributed by atoms with Crippen LogP contribution in [0.2, 0.25) is 0 Å². The number of esters is 1. The molecule has 21 nitrogen and oxygen atoms in total. The number of β-lactam (4-membered cyclic amide) rings is 1. The van der Waals surface area contributed by atoms with Crippen LogP contribution in [0.4, 0.5) is 14.7 Å². The number of hydrogen-bond donors (Lipinski definition) is 4. The van der Waals surface area contributed by atoms with Gasteiger partial charge in [-0.25, -0.2) is 23.7 Å². The zero-order chi connectivity index (χ0) is 45.9. The van der Waals surface area contributed by atoms with Crippen LogP contribution in [0.5, 0.6) is 0 Å². The van der Waals surface area contributed by atoms with Crippen LogP contribution in [0.3, 0.4) is 0 Å². The number of thiazole rings is 1. The smallest absolute Gasteiger partial charge is 0.413 e. The largest absolute Gasteiger partial charge is 0.450 e. The van der Waals surface area contributed by atoms with Crippen molar-refractivity contribution in [3.8, 4) is 0 Å². The summed E-state index contributed by atoms with van der Waals surface area (Å²) in [5, 5.41) is 21.4. The molecule has 1 saturated heterocycles. The van der Waals surface area contributed by atoms with Gasteiger partial charge in [0.05, 0.1) is 18.8 Å². The molecule has 6 rings (SSSR count). The first-order valence-electron chi connectivity index (χ1n) is 19.5. The normalized spacial score (nSPS) is 17.3. The number of alkyl carbamates (subject to hydrolysis) is 1. The van der Waals surface area contributed by atoms with Crippen molar-refractivity contribution in [1.82, 2.24) is 34.9 Å². The Hall–Kier alpha value is -6.46. The molecule has 4 amide bonds. The van der Waals surface area contributed by atoms with Gasteiger partial charge in [0.1, 0.15) is 34.7 Å². The lowest BCUT2D eigenvalue weighted by molar-refractivity contribution is -0.164. The predicted octanol–water partition coefficient (Wildman–Crippen LogP) is 4.20. The van der Waals surface area contributed by atoms with Gasteiger partial charge in [-0.05, 0) is 59.6 Å². The van der Waals surface area contributed by atoms with Gasteiger partial charge in [0.2, 0.25) is 5.60 Å². The molecule has 0 radical (unpaired) electrons. The van der Waals surface area contributed by atoms with Crippen molar-refractivity contribution in [3.63, 3.8) is 0 Å². The zero-order valence-electron chi connectivity index (χ0n) is 35.3. The lowest BCUT2D eigenvalue weighted by atomic mass is 9.98. The van der Waals surface area contributed by atoms with Gasteiger partial charge in [-0.1, -0.05) is 65.8 Å². The van der Waals surface area contributed by atoms with Crippen LogP contribution < -0.4 is 16.0 Å². The number of nitrogens with zero attached hydrogens (tertiary/aromatic N) is 6. The van der Waals surface area contributed by atoms with E-state index in [2.05, 4.69) is 36.3 Å². The second-order valence-electron chi connectivity index (χ2n) is 16.6. The average molecular weight is 910 g/mol. The summed E-state index contributed by atoms with van der Waals surface area (Å²) < 4.78 is 51.5. The number of amides is 4. The molecule has 2 aromatic carbocycles. The molecule has 4 aromatic rings. The Balaban J connectivity index is 1.25. The van der Waals surface area contributed by atoms with E-state index in [0.717, 1.165) is 16.1 Å². The van der Waals surface area contributed by atoms with Gasteiger partial charge in [0.25, 0.3) is 11.8 Å². The third kappa shape index (κ3) is 11.7. The van der Waals surface area contributed by atoms with Gasteiger partial charge >= 0.3 is 28.5 Å². The number of hydrogen-bond acceptors (Lipinski definition) is 16. The van der Waals surface area contributed by atoms with E-state index >= 15 is 0 Å². The molecule has 63 heavy (non-hydrogen) atoms. The fraction of sp³-hybridized carbons (Fsp3) is 0.425. The van der Waals surface area contributed by atoms with Crippen molar-refractivity contribution in [2.24, 2.45) is 5.16 Å². The lowest BCUT2D eigenvalue weighted by Crippen LogP contribution is -2.73. The molecule has 4 N–H and O–H groups in total. The number of aromatic nitrogens is 4. The second kappa shape index (κ2) is 18.1. The average Bonchev–Trinajstić information content (AvgIpc) is 3.71. The van der Waals surface area contributed by atoms with E-state index in [4.69, 9.17) is 19.0 Å². The highest BCUT2D eigenvalue weighted by Gasteiger charge is 2.57. The molecular formula is C40H47N9O12S2. The maximum absolute atomic E-state index is 14.2. The van der Waals surface area contributed by atoms with E-state index in [1.165, 1.54) is 5.38 Å². The van der Waals surface area contributed by atoms with Crippen molar-refractivity contribution in [1.29, 1.82) is 0 Å². The third-order valence-corrected chi connectivity index (χ3v) is 10.9. The quantitative estimate of drug-likeness (QED) is 0.0325. The Morgan fingerprint density at radius 3 is 2.08 bits per heavy atom. The molecule has 23 heteroatoms. The van der Waals surface area contributed by atoms with Crippen molar-refractivity contribution in [2.75, 3.05) is 5.32 Å². The van der Waals surface area contributed by atoms with Crippen molar-refractivity contribution < 1.29 is 56.0 Å². The Kier molecular flexibility index (Phi) is 13.2. The lowest BCUT2D eigenvalue weighted by Gasteiger charge is -2.43. The monoisotopic (exact) mass is 909 g/mol. The number of aryl methyl sites for hydroxylation is 1. The van der Waals surface area contributed by atoms with Gasteiger partial charge in [0, 0.05) is 18.2 Å². The Morgan fingerprint density at radius 2 is 1.52 bits per heavy atom. The van der Waals surface area contributed by atoms with Gasteiger partial charge < -0.3 is 29.7 Å². The molecule has 0 spiro atoms. The van der Waals surface area contributed by atoms with Crippen molar-refractivity contribution >= 4 is 62.5 Å². The molecule has 0 bridgehead atoms. The van der Waals surface area contributed by atoms with Gasteiger partial charge in [-0.3, -0.25) is 19.5 Å². The highest BCUT2D eigenvalue weighted by Crippen LogP contribution is 2.43. The number of benzene rings is 2. The van der Waals surface area contributed by atoms with E-state index in [1.54, 1.807) is 72.7 Å². The summed E-state index contributed by atoms with van der Waals surface area (Å²) in [5.41, 5.74) is -1.95. The van der Waals surface area contributed by atoms with Crippen molar-refractivity contribution in [3.05, 3.63) is 94.3 Å². The summed E-state index contributed by atoms with van der Waals surface area (Å²) >= 11 is 0.893. The second-order valence-corrected chi connectivity index (χ2v) is 18.7. The summed E-state index contributed by atoms with van der Waals surface area (Å²) in [6, 6.07) is 15.0. The summed E-state index contributed by atoms with van der Waals surface area (Å²) in [4.78, 5) is 77.3. The van der Waals surface area contributed by atoms with Crippen LogP contribution in [0, 0.1) is 6.92 Å². The van der Waals surface area contributed by atoms with Gasteiger partial charge in [0.15, 0.2) is 16.9 Å². The highest BCUT2D eigenvalue weighted by atomic mass is 32.2. The molecule has 2 fully saturated rings. The predicted molar refractivity (Wildman–Crippen MR) is 224 cm³/mol. The summed E-state index contributed by atoms with van der Waals surface area (Å²) in [7, 11) is -5.15. The maximum atomic E-state index is 14.2. The molecule has 2 atom stereocenters. The minimum absolute atomic E-state index is 0.0129. The topological polar surface area (TPSA) is 272 Å². The number of rotatable bonds is 15. The molecule has 1 aliphatic carbocycles. The Bertz CT molecular complexity index is 2450. The van der Waals surface area contributed by atoms with E-state index < -0.39 is 87.5 Å². The number of oxime groups is 1. The molecule has 2 aliphatic rings. The van der Waals surface area contributed by atoms with Crippen LogP contribution in [-0.4, -0.2) is 102 Å². The van der Waals surface area contributed by atoms with Crippen LogP contribution in [0.15, 0.2) is 71.2 Å². The van der Waals surface area contributed by atoms with E-state index in [-0.39, 0.29) is 40.2 Å². The van der Waals surface area contributed by atoms with Crippen LogP contribution in [0.25, 0.3) is 0 Å². The maximum Gasteiger partial charge on any atom is 0.413 e. The number of nitrogens with one attached hydrogen (secondary N) is 3. The first-order valence-corrected chi connectivity index (χ1v) is 21.8. The standard InChI is InChI=1S/C40H47N9O12S2/c1-23-26(20-41-36(53)59-38(2,3)4)46-48(45-23)21-28-30(33(51)49(28)63(55,56)57)43-32(50)29(27-22-62-35(42-27)44-37(54)60-39(5,6)7)47-61-40(18-19-40)34(52)58-31(24-14-10-8-11-15-24)25-16-12-9-13-17-25/h8-17,22,28,30-31H,18-21H2,1-7H3,(H,41,53)(H,43,50)(H,42,44,54)(H,55,56,57)/t28-,30+/m1/s1. The van der Waals surface area contributed by atoms with Crippen LogP contribution in [-0.2, 0) is 56.8 Å². The SMILES string of the molecule is Cc1nn(C[C@@H]2[C@H](NC(=O)C(=NOC3(C(=O)OC(c4ccccc4)c4ccccc4)CC3)c3csc(NC(=O)OC(C)(C)C)n3)C(=O)N2S(=O)(=O)O)nc1CNC(=O)OC(C)(C)C. The number of ether oxygens (including phenoxy) is 3. The minimum atomic E-state index is -5.15. The van der Waals surface area contributed by atoms with Crippen LogP contribution in [0.1, 0.15) is 88.7 Å². The first kappa shape index (κ1) is 46.1. The summed E-state index contributed by atoms with van der Waals surface area (Å²) in [6.45, 7) is 11.1. The molecule has 1 saturated carbocycles. The number of anilines is 1. The fourth-order valence-corrected chi connectivity index (χ4v) is 7.66. The number of carbonyl (C=O) groups is 5. The number of carbonyl (C=O) groups excluding carboxylic acids is 5. The van der Waals surface area contributed by atoms with Crippen molar-refractivity contribution in [2.45, 2.75) is 109 Å². The minimum Gasteiger partial charge on any atom is -0.450 e. The fourth-order valence-electron chi connectivity index (χ4n) is 6.11. The van der Waals surface area contributed by atoms with E-state index in [0.29, 0.717) is 16.8 Å². The van der Waals surface area contributed by atoms with Crippen LogP contribution >= 0.6 is 11.3 Å². The molecule has 336 valence electrons. The highest BCUT2D eigenvalue weighted by molar-refractivity contribution is 7.84. The van der Waals surface area contributed by atoms with Gasteiger partial charge in [-0.15, -0.1) is 11.3 Å². The first-order chi connectivity index (χ1) is 29.5. The third-order valence-electron chi connectivity index (χ3n) is 9.16. The molecule has 0 unspecified atom stereocenters. The van der Waals surface area contributed by atoms with Gasteiger partial charge in [-0.2, -0.15) is 23.4 Å². The van der Waals surface area contributed by atoms with E-state index in [9.17, 15) is 36.9 Å². The summed E-state index contributed by atoms with van der Waals surface area (Å²) in [5.74, 6) is -3.08. The molecule has 3 heterocycles. The Labute approximate surface area is 366 Å². The zero-order valence-corrected chi connectivity index (χ0v) is 37.0.